The van der Waals surface area contributed by atoms with E-state index < -0.39 is 0 Å². The van der Waals surface area contributed by atoms with E-state index in [9.17, 15) is 4.79 Å². The second kappa shape index (κ2) is 6.96. The molecule has 2 heterocycles. The Balaban J connectivity index is 1.47. The van der Waals surface area contributed by atoms with Gasteiger partial charge in [0.05, 0.1) is 19.3 Å². The standard InChI is InChI=1S/C20H28N2O3/c1-15-12-16-4-2-3-5-17(16)18(15)21-19(23)22-8-11-25-14-20(13-22)6-9-24-10-7-20/h2-5,15,18H,6-14H2,1H3,(H,21,23)/t15-,18-/m0/s1. The Morgan fingerprint density at radius 1 is 1.20 bits per heavy atom. The van der Waals surface area contributed by atoms with E-state index in [0.29, 0.717) is 19.1 Å². The highest BCUT2D eigenvalue weighted by Gasteiger charge is 2.39. The molecule has 136 valence electrons. The summed E-state index contributed by atoms with van der Waals surface area (Å²) < 4.78 is 11.4. The predicted molar refractivity (Wildman–Crippen MR) is 95.5 cm³/mol. The van der Waals surface area contributed by atoms with Crippen molar-refractivity contribution in [2.24, 2.45) is 11.3 Å². The summed E-state index contributed by atoms with van der Waals surface area (Å²) in [4.78, 5) is 15.0. The highest BCUT2D eigenvalue weighted by Crippen LogP contribution is 2.37. The van der Waals surface area contributed by atoms with Crippen LogP contribution < -0.4 is 5.32 Å². The fraction of sp³-hybridized carbons (Fsp3) is 0.650. The van der Waals surface area contributed by atoms with Crippen molar-refractivity contribution >= 4 is 6.03 Å². The first kappa shape index (κ1) is 16.9. The number of hydrogen-bond donors (Lipinski definition) is 1. The summed E-state index contributed by atoms with van der Waals surface area (Å²) in [6, 6.07) is 8.62. The average Bonchev–Trinajstić information content (AvgIpc) is 2.80. The van der Waals surface area contributed by atoms with Crippen LogP contribution in [-0.4, -0.2) is 50.4 Å². The molecule has 2 fully saturated rings. The van der Waals surface area contributed by atoms with Gasteiger partial charge in [0.1, 0.15) is 0 Å². The maximum Gasteiger partial charge on any atom is 0.317 e. The lowest BCUT2D eigenvalue weighted by atomic mass is 9.80. The molecule has 25 heavy (non-hydrogen) atoms. The highest BCUT2D eigenvalue weighted by molar-refractivity contribution is 5.75. The fourth-order valence-corrected chi connectivity index (χ4v) is 4.51. The summed E-state index contributed by atoms with van der Waals surface area (Å²) in [7, 11) is 0. The zero-order chi connectivity index (χ0) is 17.3. The lowest BCUT2D eigenvalue weighted by Crippen LogP contribution is -2.49. The molecule has 3 aliphatic rings. The van der Waals surface area contributed by atoms with Crippen LogP contribution in [0.4, 0.5) is 4.79 Å². The zero-order valence-corrected chi connectivity index (χ0v) is 15.0. The largest absolute Gasteiger partial charge is 0.381 e. The summed E-state index contributed by atoms with van der Waals surface area (Å²) in [5, 5.41) is 3.30. The third kappa shape index (κ3) is 3.40. The predicted octanol–water partition coefficient (Wildman–Crippen LogP) is 2.76. The van der Waals surface area contributed by atoms with Gasteiger partial charge in [-0.2, -0.15) is 0 Å². The minimum Gasteiger partial charge on any atom is -0.381 e. The van der Waals surface area contributed by atoms with Crippen LogP contribution in [0.3, 0.4) is 0 Å². The summed E-state index contributed by atoms with van der Waals surface area (Å²) >= 11 is 0. The van der Waals surface area contributed by atoms with Gasteiger partial charge in [-0.1, -0.05) is 31.2 Å². The molecule has 0 unspecified atom stereocenters. The molecule has 1 aromatic rings. The van der Waals surface area contributed by atoms with Crippen molar-refractivity contribution in [2.75, 3.05) is 39.5 Å². The molecule has 1 N–H and O–H groups in total. The number of urea groups is 1. The van der Waals surface area contributed by atoms with Crippen molar-refractivity contribution in [3.63, 3.8) is 0 Å². The van der Waals surface area contributed by atoms with Crippen LogP contribution in [0.2, 0.25) is 0 Å². The van der Waals surface area contributed by atoms with E-state index in [-0.39, 0.29) is 17.5 Å². The van der Waals surface area contributed by atoms with E-state index in [1.54, 1.807) is 0 Å². The monoisotopic (exact) mass is 344 g/mol. The van der Waals surface area contributed by atoms with Gasteiger partial charge in [0, 0.05) is 31.7 Å². The number of nitrogens with zero attached hydrogens (tertiary/aromatic N) is 1. The molecule has 5 heteroatoms. The van der Waals surface area contributed by atoms with E-state index in [4.69, 9.17) is 9.47 Å². The molecule has 2 aliphatic heterocycles. The number of ether oxygens (including phenoxy) is 2. The van der Waals surface area contributed by atoms with Gasteiger partial charge >= 0.3 is 6.03 Å². The van der Waals surface area contributed by atoms with E-state index in [2.05, 4.69) is 36.5 Å². The van der Waals surface area contributed by atoms with Gasteiger partial charge in [-0.15, -0.1) is 0 Å². The van der Waals surface area contributed by atoms with E-state index in [0.717, 1.165) is 45.6 Å². The van der Waals surface area contributed by atoms with Crippen molar-refractivity contribution in [2.45, 2.75) is 32.2 Å². The van der Waals surface area contributed by atoms with Gasteiger partial charge in [-0.3, -0.25) is 0 Å². The smallest absolute Gasteiger partial charge is 0.317 e. The van der Waals surface area contributed by atoms with Gasteiger partial charge in [0.2, 0.25) is 0 Å². The highest BCUT2D eigenvalue weighted by atomic mass is 16.5. The van der Waals surface area contributed by atoms with E-state index in [1.807, 2.05) is 4.90 Å². The summed E-state index contributed by atoms with van der Waals surface area (Å²) in [5.74, 6) is 0.432. The maximum absolute atomic E-state index is 13.0. The van der Waals surface area contributed by atoms with Crippen molar-refractivity contribution < 1.29 is 14.3 Å². The molecule has 1 aromatic carbocycles. The van der Waals surface area contributed by atoms with Crippen LogP contribution >= 0.6 is 0 Å². The van der Waals surface area contributed by atoms with Crippen LogP contribution in [0.25, 0.3) is 0 Å². The van der Waals surface area contributed by atoms with Crippen LogP contribution in [-0.2, 0) is 15.9 Å². The molecule has 2 saturated heterocycles. The molecule has 2 atom stereocenters. The van der Waals surface area contributed by atoms with Gasteiger partial charge in [0.25, 0.3) is 0 Å². The third-order valence-corrected chi connectivity index (χ3v) is 6.06. The minimum atomic E-state index is 0.0462. The zero-order valence-electron chi connectivity index (χ0n) is 15.0. The topological polar surface area (TPSA) is 50.8 Å². The quantitative estimate of drug-likeness (QED) is 0.852. The molecule has 4 rings (SSSR count). The number of nitrogens with one attached hydrogen (secondary N) is 1. The van der Waals surface area contributed by atoms with Crippen molar-refractivity contribution in [1.82, 2.24) is 10.2 Å². The SMILES string of the molecule is C[C@H]1Cc2ccccc2[C@H]1NC(=O)N1CCOCC2(CCOCC2)C1. The first-order valence-electron chi connectivity index (χ1n) is 9.46. The van der Waals surface area contributed by atoms with Crippen LogP contribution in [0, 0.1) is 11.3 Å². The molecule has 2 amide bonds. The van der Waals surface area contributed by atoms with Crippen LogP contribution in [0.5, 0.6) is 0 Å². The van der Waals surface area contributed by atoms with Gasteiger partial charge in [-0.05, 0) is 36.3 Å². The van der Waals surface area contributed by atoms with Crippen molar-refractivity contribution in [3.8, 4) is 0 Å². The molecule has 0 saturated carbocycles. The molecular formula is C20H28N2O3. The van der Waals surface area contributed by atoms with Gasteiger partial charge in [0.15, 0.2) is 0 Å². The second-order valence-corrected chi connectivity index (χ2v) is 7.89. The fourth-order valence-electron chi connectivity index (χ4n) is 4.51. The number of carbonyl (C=O) groups is 1. The van der Waals surface area contributed by atoms with E-state index >= 15 is 0 Å². The van der Waals surface area contributed by atoms with Crippen LogP contribution in [0.1, 0.15) is 36.9 Å². The molecule has 0 bridgehead atoms. The Morgan fingerprint density at radius 2 is 2.00 bits per heavy atom. The Bertz CT molecular complexity index is 627. The molecule has 5 nitrogen and oxygen atoms in total. The lowest BCUT2D eigenvalue weighted by molar-refractivity contribution is -0.0295. The number of amides is 2. The molecule has 0 aromatic heterocycles. The Morgan fingerprint density at radius 3 is 2.84 bits per heavy atom. The summed E-state index contributed by atoms with van der Waals surface area (Å²) in [5.41, 5.74) is 2.70. The number of benzene rings is 1. The Kier molecular flexibility index (Phi) is 4.69. The average molecular weight is 344 g/mol. The first-order chi connectivity index (χ1) is 12.2. The van der Waals surface area contributed by atoms with Crippen LogP contribution in [0.15, 0.2) is 24.3 Å². The number of rotatable bonds is 1. The molecule has 1 aliphatic carbocycles. The minimum absolute atomic E-state index is 0.0462. The first-order valence-corrected chi connectivity index (χ1v) is 9.46. The number of hydrogen-bond acceptors (Lipinski definition) is 3. The van der Waals surface area contributed by atoms with Gasteiger partial charge in [-0.25, -0.2) is 4.79 Å². The van der Waals surface area contributed by atoms with E-state index in [1.165, 1.54) is 11.1 Å². The molecule has 1 spiro atoms. The Hall–Kier alpha value is -1.59. The van der Waals surface area contributed by atoms with Crippen molar-refractivity contribution in [3.05, 3.63) is 35.4 Å². The second-order valence-electron chi connectivity index (χ2n) is 7.89. The molecule has 0 radical (unpaired) electrons. The Labute approximate surface area is 149 Å². The maximum atomic E-state index is 13.0. The molecular weight excluding hydrogens is 316 g/mol. The number of carbonyl (C=O) groups excluding carboxylic acids is 1. The van der Waals surface area contributed by atoms with Crippen molar-refractivity contribution in [1.29, 1.82) is 0 Å². The lowest BCUT2D eigenvalue weighted by Gasteiger charge is -2.38. The normalized spacial score (nSPS) is 28.4. The van der Waals surface area contributed by atoms with Gasteiger partial charge < -0.3 is 19.7 Å². The number of fused-ring (bicyclic) bond motifs is 1. The summed E-state index contributed by atoms with van der Waals surface area (Å²) in [6.45, 7) is 6.55. The third-order valence-electron chi connectivity index (χ3n) is 6.06. The summed E-state index contributed by atoms with van der Waals surface area (Å²) in [6.07, 6.45) is 2.98.